The van der Waals surface area contributed by atoms with Crippen molar-refractivity contribution in [2.24, 2.45) is 10.2 Å². The average molecular weight is 404 g/mol. The van der Waals surface area contributed by atoms with Gasteiger partial charge in [-0.05, 0) is 22.8 Å². The van der Waals surface area contributed by atoms with Crippen LogP contribution in [0.25, 0.3) is 10.8 Å². The molecule has 1 atom stereocenters. The first kappa shape index (κ1) is 18.8. The first-order valence-electron chi connectivity index (χ1n) is 8.90. The number of benzene rings is 3. The molecule has 1 amide bonds. The van der Waals surface area contributed by atoms with Crippen molar-refractivity contribution in [3.8, 4) is 0 Å². The molecule has 1 saturated heterocycles. The summed E-state index contributed by atoms with van der Waals surface area (Å²) in [6.45, 7) is 0. The van der Waals surface area contributed by atoms with E-state index in [1.165, 1.54) is 30.1 Å². The maximum atomic E-state index is 12.3. The number of non-ortho nitro benzene ring substituents is 1. The third kappa shape index (κ3) is 4.33. The molecule has 3 aromatic rings. The number of hydrogen-bond acceptors (Lipinski definition) is 6. The number of nitro groups is 1. The Balaban J connectivity index is 1.46. The fraction of sp³-hybridized carbons (Fsp3) is 0.0952. The molecule has 1 N–H and O–H groups in total. The van der Waals surface area contributed by atoms with Gasteiger partial charge in [-0.25, -0.2) is 0 Å². The second-order valence-corrected chi connectivity index (χ2v) is 7.63. The lowest BCUT2D eigenvalue weighted by atomic mass is 10.0. The quantitative estimate of drug-likeness (QED) is 0.396. The van der Waals surface area contributed by atoms with Crippen LogP contribution in [0.1, 0.15) is 11.1 Å². The summed E-state index contributed by atoms with van der Waals surface area (Å²) in [6.07, 6.45) is 2.01. The van der Waals surface area contributed by atoms with Crippen LogP contribution in [0.15, 0.2) is 76.9 Å². The molecular weight excluding hydrogens is 388 g/mol. The molecule has 1 fully saturated rings. The Morgan fingerprint density at radius 2 is 1.90 bits per heavy atom. The van der Waals surface area contributed by atoms with E-state index in [9.17, 15) is 14.9 Å². The summed E-state index contributed by atoms with van der Waals surface area (Å²) in [7, 11) is 0. The highest BCUT2D eigenvalue weighted by atomic mass is 32.2. The first-order valence-corrected chi connectivity index (χ1v) is 9.78. The summed E-state index contributed by atoms with van der Waals surface area (Å²) in [5.74, 6) is -0.104. The SMILES string of the molecule is O=C1N/C(=N\N=Cc2cccc([N+](=O)[O-])c2)SC1Cc1cccc2ccccc12. The lowest BCUT2D eigenvalue weighted by Gasteiger charge is -2.09. The van der Waals surface area contributed by atoms with E-state index < -0.39 is 4.92 Å². The van der Waals surface area contributed by atoms with Crippen LogP contribution < -0.4 is 5.32 Å². The van der Waals surface area contributed by atoms with Gasteiger partial charge in [-0.3, -0.25) is 14.9 Å². The number of hydrogen-bond donors (Lipinski definition) is 1. The number of fused-ring (bicyclic) bond motifs is 1. The number of amidine groups is 1. The molecule has 0 radical (unpaired) electrons. The van der Waals surface area contributed by atoms with E-state index >= 15 is 0 Å². The Hall–Kier alpha value is -3.52. The molecule has 7 nitrogen and oxygen atoms in total. The van der Waals surface area contributed by atoms with Gasteiger partial charge in [-0.15, -0.1) is 5.10 Å². The summed E-state index contributed by atoms with van der Waals surface area (Å²) in [5, 5.41) is 24.0. The van der Waals surface area contributed by atoms with Crippen LogP contribution >= 0.6 is 11.8 Å². The number of nitrogens with zero attached hydrogens (tertiary/aromatic N) is 3. The Morgan fingerprint density at radius 3 is 2.76 bits per heavy atom. The number of carbonyl (C=O) groups excluding carboxylic acids is 1. The average Bonchev–Trinajstić information content (AvgIpc) is 3.07. The minimum Gasteiger partial charge on any atom is -0.303 e. The Kier molecular flexibility index (Phi) is 5.35. The van der Waals surface area contributed by atoms with Crippen LogP contribution in [-0.4, -0.2) is 27.5 Å². The van der Waals surface area contributed by atoms with Crippen LogP contribution in [0.4, 0.5) is 5.69 Å². The van der Waals surface area contributed by atoms with Gasteiger partial charge in [0.2, 0.25) is 5.91 Å². The van der Waals surface area contributed by atoms with Crippen LogP contribution in [-0.2, 0) is 11.2 Å². The maximum absolute atomic E-state index is 12.3. The van der Waals surface area contributed by atoms with Gasteiger partial charge in [0.1, 0.15) is 0 Å². The number of nitrogens with one attached hydrogen (secondary N) is 1. The van der Waals surface area contributed by atoms with E-state index in [0.717, 1.165) is 16.3 Å². The number of carbonyl (C=O) groups is 1. The lowest BCUT2D eigenvalue weighted by Crippen LogP contribution is -2.26. The van der Waals surface area contributed by atoms with E-state index in [1.54, 1.807) is 12.1 Å². The highest BCUT2D eigenvalue weighted by molar-refractivity contribution is 8.15. The Morgan fingerprint density at radius 1 is 1.10 bits per heavy atom. The summed E-state index contributed by atoms with van der Waals surface area (Å²) in [6, 6.07) is 20.3. The molecule has 0 bridgehead atoms. The van der Waals surface area contributed by atoms with Gasteiger partial charge in [0.05, 0.1) is 16.4 Å². The normalized spacial score (nSPS) is 17.9. The number of thioether (sulfide) groups is 1. The maximum Gasteiger partial charge on any atom is 0.270 e. The van der Waals surface area contributed by atoms with Gasteiger partial charge < -0.3 is 5.32 Å². The standard InChI is InChI=1S/C21H16N4O3S/c26-20-19(12-16-8-4-7-15-6-1-2-10-18(15)16)29-21(23-20)24-22-13-14-5-3-9-17(11-14)25(27)28/h1-11,13,19H,12H2,(H,23,24,26). The minimum atomic E-state index is -0.464. The summed E-state index contributed by atoms with van der Waals surface area (Å²) in [5.41, 5.74) is 1.66. The van der Waals surface area contributed by atoms with Crippen molar-refractivity contribution < 1.29 is 9.72 Å². The first-order chi connectivity index (χ1) is 14.1. The van der Waals surface area contributed by atoms with Crippen molar-refractivity contribution in [2.75, 3.05) is 0 Å². The molecule has 1 heterocycles. The molecule has 0 spiro atoms. The van der Waals surface area contributed by atoms with Crippen LogP contribution in [0.5, 0.6) is 0 Å². The second kappa shape index (κ2) is 8.24. The predicted octanol–water partition coefficient (Wildman–Crippen LogP) is 3.91. The van der Waals surface area contributed by atoms with E-state index in [4.69, 9.17) is 0 Å². The third-order valence-electron chi connectivity index (χ3n) is 4.50. The lowest BCUT2D eigenvalue weighted by molar-refractivity contribution is -0.384. The molecular formula is C21H16N4O3S. The van der Waals surface area contributed by atoms with Crippen molar-refractivity contribution in [1.29, 1.82) is 0 Å². The molecule has 29 heavy (non-hydrogen) atoms. The molecule has 1 unspecified atom stereocenters. The highest BCUT2D eigenvalue weighted by Gasteiger charge is 2.30. The Bertz CT molecular complexity index is 1150. The van der Waals surface area contributed by atoms with Crippen molar-refractivity contribution in [1.82, 2.24) is 5.32 Å². The summed E-state index contributed by atoms with van der Waals surface area (Å²) < 4.78 is 0. The number of nitro benzene ring substituents is 1. The highest BCUT2D eigenvalue weighted by Crippen LogP contribution is 2.27. The summed E-state index contributed by atoms with van der Waals surface area (Å²) >= 11 is 1.33. The molecule has 144 valence electrons. The monoisotopic (exact) mass is 404 g/mol. The Labute approximate surface area is 170 Å². The largest absolute Gasteiger partial charge is 0.303 e. The van der Waals surface area contributed by atoms with Crippen molar-refractivity contribution >= 4 is 45.5 Å². The van der Waals surface area contributed by atoms with E-state index in [1.807, 2.05) is 24.3 Å². The third-order valence-corrected chi connectivity index (χ3v) is 5.57. The fourth-order valence-corrected chi connectivity index (χ4v) is 4.08. The van der Waals surface area contributed by atoms with Gasteiger partial charge >= 0.3 is 0 Å². The molecule has 0 aromatic heterocycles. The predicted molar refractivity (Wildman–Crippen MR) is 115 cm³/mol. The molecule has 0 saturated carbocycles. The molecule has 1 aliphatic heterocycles. The summed E-state index contributed by atoms with van der Waals surface area (Å²) in [4.78, 5) is 22.7. The van der Waals surface area contributed by atoms with E-state index in [0.29, 0.717) is 17.2 Å². The van der Waals surface area contributed by atoms with Crippen molar-refractivity contribution in [3.05, 3.63) is 88.0 Å². The fourth-order valence-electron chi connectivity index (χ4n) is 3.12. The van der Waals surface area contributed by atoms with Gasteiger partial charge in [0.15, 0.2) is 5.17 Å². The minimum absolute atomic E-state index is 0.0136. The molecule has 0 aliphatic carbocycles. The zero-order valence-corrected chi connectivity index (χ0v) is 16.0. The van der Waals surface area contributed by atoms with Crippen molar-refractivity contribution in [3.63, 3.8) is 0 Å². The van der Waals surface area contributed by atoms with Crippen LogP contribution in [0.2, 0.25) is 0 Å². The molecule has 1 aliphatic rings. The van der Waals surface area contributed by atoms with Crippen molar-refractivity contribution in [2.45, 2.75) is 11.7 Å². The molecule has 8 heteroatoms. The molecule has 4 rings (SSSR count). The van der Waals surface area contributed by atoms with E-state index in [2.05, 4.69) is 33.7 Å². The van der Waals surface area contributed by atoms with Gasteiger partial charge in [0.25, 0.3) is 5.69 Å². The van der Waals surface area contributed by atoms with E-state index in [-0.39, 0.29) is 16.8 Å². The zero-order chi connectivity index (χ0) is 20.2. The topological polar surface area (TPSA) is 97.0 Å². The van der Waals surface area contributed by atoms with Crippen LogP contribution in [0.3, 0.4) is 0 Å². The van der Waals surface area contributed by atoms with Gasteiger partial charge in [0, 0.05) is 17.7 Å². The second-order valence-electron chi connectivity index (χ2n) is 6.44. The van der Waals surface area contributed by atoms with Gasteiger partial charge in [-0.1, -0.05) is 66.4 Å². The van der Waals surface area contributed by atoms with Crippen LogP contribution in [0, 0.1) is 10.1 Å². The molecule has 3 aromatic carbocycles. The zero-order valence-electron chi connectivity index (χ0n) is 15.2. The smallest absolute Gasteiger partial charge is 0.270 e. The number of amides is 1. The van der Waals surface area contributed by atoms with Gasteiger partial charge in [-0.2, -0.15) is 5.10 Å². The number of rotatable bonds is 5.